The molecular weight excluding hydrogens is 715 g/mol. The lowest BCUT2D eigenvalue weighted by atomic mass is 9.78. The van der Waals surface area contributed by atoms with Crippen LogP contribution >= 0.6 is 0 Å². The summed E-state index contributed by atoms with van der Waals surface area (Å²) in [4.78, 5) is 2.47. The molecule has 1 aromatic heterocycles. The minimum absolute atomic E-state index is 0.202. The van der Waals surface area contributed by atoms with Crippen molar-refractivity contribution in [2.75, 3.05) is 4.90 Å². The van der Waals surface area contributed by atoms with Crippen molar-refractivity contribution in [2.24, 2.45) is 0 Å². The van der Waals surface area contributed by atoms with E-state index in [2.05, 4.69) is 231 Å². The molecule has 2 heteroatoms. The molecule has 0 spiro atoms. The monoisotopic (exact) mass is 755 g/mol. The molecule has 10 aromatic rings. The molecule has 59 heavy (non-hydrogen) atoms. The number of hydrogen-bond acceptors (Lipinski definition) is 2. The van der Waals surface area contributed by atoms with E-state index in [-0.39, 0.29) is 5.41 Å². The van der Waals surface area contributed by atoms with Crippen molar-refractivity contribution in [3.8, 4) is 55.6 Å². The minimum atomic E-state index is -0.202. The Labute approximate surface area is 345 Å². The highest BCUT2D eigenvalue weighted by Gasteiger charge is 2.38. The second kappa shape index (κ2) is 13.9. The molecule has 2 nitrogen and oxygen atoms in total. The summed E-state index contributed by atoms with van der Waals surface area (Å²) in [7, 11) is 0. The van der Waals surface area contributed by atoms with Gasteiger partial charge in [-0.3, -0.25) is 0 Å². The van der Waals surface area contributed by atoms with Crippen LogP contribution in [0.5, 0.6) is 0 Å². The van der Waals surface area contributed by atoms with Crippen molar-refractivity contribution >= 4 is 39.0 Å². The molecule has 280 valence electrons. The zero-order valence-corrected chi connectivity index (χ0v) is 33.1. The molecule has 0 saturated carbocycles. The maximum absolute atomic E-state index is 6.91. The molecule has 1 aliphatic carbocycles. The largest absolute Gasteiger partial charge is 0.454 e. The van der Waals surface area contributed by atoms with Crippen molar-refractivity contribution in [1.82, 2.24) is 0 Å². The first-order chi connectivity index (χ1) is 29.1. The molecule has 0 fully saturated rings. The minimum Gasteiger partial charge on any atom is -0.454 e. The average Bonchev–Trinajstić information content (AvgIpc) is 3.80. The quantitative estimate of drug-likeness (QED) is 0.161. The van der Waals surface area contributed by atoms with Crippen molar-refractivity contribution in [3.05, 3.63) is 223 Å². The zero-order chi connectivity index (χ0) is 39.5. The third-order valence-corrected chi connectivity index (χ3v) is 12.3. The van der Waals surface area contributed by atoms with Gasteiger partial charge in [-0.25, -0.2) is 0 Å². The predicted octanol–water partition coefficient (Wildman–Crippen LogP) is 16.0. The summed E-state index contributed by atoms with van der Waals surface area (Å²) in [5.41, 5.74) is 19.3. The van der Waals surface area contributed by atoms with Gasteiger partial charge in [-0.1, -0.05) is 202 Å². The van der Waals surface area contributed by atoms with Gasteiger partial charge in [0, 0.05) is 27.3 Å². The van der Waals surface area contributed by atoms with E-state index in [1.54, 1.807) is 0 Å². The van der Waals surface area contributed by atoms with E-state index in [4.69, 9.17) is 4.42 Å². The molecule has 0 bridgehead atoms. The molecule has 0 unspecified atom stereocenters. The highest BCUT2D eigenvalue weighted by atomic mass is 16.3. The van der Waals surface area contributed by atoms with Crippen molar-refractivity contribution in [1.29, 1.82) is 0 Å². The number of fused-ring (bicyclic) bond motifs is 6. The van der Waals surface area contributed by atoms with Gasteiger partial charge in [0.25, 0.3) is 0 Å². The smallest absolute Gasteiger partial charge is 0.159 e. The van der Waals surface area contributed by atoms with Gasteiger partial charge in [0.05, 0.1) is 17.1 Å². The Morgan fingerprint density at radius 1 is 0.356 bits per heavy atom. The lowest BCUT2D eigenvalue weighted by molar-refractivity contribution is 0.662. The Kier molecular flexibility index (Phi) is 8.20. The van der Waals surface area contributed by atoms with Gasteiger partial charge >= 0.3 is 0 Å². The van der Waals surface area contributed by atoms with Crippen LogP contribution in [0.1, 0.15) is 25.0 Å². The van der Waals surface area contributed by atoms with Gasteiger partial charge in [-0.15, -0.1) is 0 Å². The average molecular weight is 756 g/mol. The van der Waals surface area contributed by atoms with Gasteiger partial charge in [-0.05, 0) is 79.9 Å². The first-order valence-electron chi connectivity index (χ1n) is 20.4. The van der Waals surface area contributed by atoms with Gasteiger partial charge < -0.3 is 9.32 Å². The lowest BCUT2D eigenvalue weighted by Crippen LogP contribution is -2.17. The third-order valence-electron chi connectivity index (χ3n) is 12.3. The number of furan rings is 1. The summed E-state index contributed by atoms with van der Waals surface area (Å²) in [6.45, 7) is 4.75. The predicted molar refractivity (Wildman–Crippen MR) is 248 cm³/mol. The van der Waals surface area contributed by atoms with Crippen LogP contribution in [-0.2, 0) is 5.41 Å². The van der Waals surface area contributed by atoms with E-state index in [1.165, 1.54) is 38.9 Å². The SMILES string of the molecule is CC1(C)c2ccccc2-c2cccc(-c3ccccc3N(c3cccc(-c4ccccc4)c3-c3ccccc3-c3ccccc3)c3cccc4c3oc3ccccc34)c21. The van der Waals surface area contributed by atoms with Crippen LogP contribution in [0.15, 0.2) is 217 Å². The molecule has 0 atom stereocenters. The first kappa shape index (κ1) is 34.8. The molecule has 1 aliphatic rings. The van der Waals surface area contributed by atoms with Crippen molar-refractivity contribution in [3.63, 3.8) is 0 Å². The van der Waals surface area contributed by atoms with Gasteiger partial charge in [0.1, 0.15) is 5.58 Å². The number of rotatable bonds is 7. The molecule has 0 saturated heterocycles. The molecule has 0 aliphatic heterocycles. The fourth-order valence-electron chi connectivity index (χ4n) is 9.70. The highest BCUT2D eigenvalue weighted by molar-refractivity contribution is 6.12. The van der Waals surface area contributed by atoms with Crippen molar-refractivity contribution in [2.45, 2.75) is 19.3 Å². The topological polar surface area (TPSA) is 16.4 Å². The summed E-state index contributed by atoms with van der Waals surface area (Å²) in [6, 6.07) is 76.8. The van der Waals surface area contributed by atoms with Gasteiger partial charge in [-0.2, -0.15) is 0 Å². The summed E-state index contributed by atoms with van der Waals surface area (Å²) >= 11 is 0. The van der Waals surface area contributed by atoms with E-state index < -0.39 is 0 Å². The van der Waals surface area contributed by atoms with Crippen LogP contribution in [0, 0.1) is 0 Å². The molecule has 0 radical (unpaired) electrons. The van der Waals surface area contributed by atoms with Crippen molar-refractivity contribution < 1.29 is 4.42 Å². The maximum Gasteiger partial charge on any atom is 0.159 e. The molecule has 11 rings (SSSR count). The Balaban J connectivity index is 1.26. The van der Waals surface area contributed by atoms with E-state index in [0.29, 0.717) is 0 Å². The summed E-state index contributed by atoms with van der Waals surface area (Å²) in [6.07, 6.45) is 0. The number of nitrogens with zero attached hydrogens (tertiary/aromatic N) is 1. The van der Waals surface area contributed by atoms with Crippen LogP contribution in [0.25, 0.3) is 77.6 Å². The Morgan fingerprint density at radius 3 is 1.63 bits per heavy atom. The van der Waals surface area contributed by atoms with Crippen LogP contribution in [-0.4, -0.2) is 0 Å². The highest BCUT2D eigenvalue weighted by Crippen LogP contribution is 2.56. The van der Waals surface area contributed by atoms with Crippen LogP contribution in [0.4, 0.5) is 17.1 Å². The fraction of sp³-hybridized carbons (Fsp3) is 0.0526. The molecule has 1 heterocycles. The summed E-state index contributed by atoms with van der Waals surface area (Å²) in [5, 5.41) is 2.19. The Hall–Kier alpha value is -7.42. The number of anilines is 3. The second-order valence-corrected chi connectivity index (χ2v) is 16.0. The summed E-state index contributed by atoms with van der Waals surface area (Å²) in [5.74, 6) is 0. The standard InChI is InChI=1S/C57H41NO/c1-57(2)49-33-14-11-25-42(49)46-30-17-31-47(55(46)57)43-26-12-15-34-50(43)58(52-36-19-32-48-44-27-13-16-37-53(44)59-56(48)52)51-35-18-29-41(39-22-7-4-8-23-39)54(51)45-28-10-9-24-40(45)38-20-5-3-6-21-38/h3-37H,1-2H3. The third kappa shape index (κ3) is 5.56. The molecule has 9 aromatic carbocycles. The molecule has 0 N–H and O–H groups in total. The van der Waals surface area contributed by atoms with Gasteiger partial charge in [0.15, 0.2) is 5.58 Å². The number of benzene rings is 9. The lowest BCUT2D eigenvalue weighted by Gasteiger charge is -2.32. The number of para-hydroxylation sites is 3. The first-order valence-corrected chi connectivity index (χ1v) is 20.4. The second-order valence-electron chi connectivity index (χ2n) is 16.0. The number of hydrogen-bond donors (Lipinski definition) is 0. The zero-order valence-electron chi connectivity index (χ0n) is 33.1. The Morgan fingerprint density at radius 2 is 0.847 bits per heavy atom. The van der Waals surface area contributed by atoms with Crippen LogP contribution < -0.4 is 4.90 Å². The van der Waals surface area contributed by atoms with E-state index in [0.717, 1.165) is 66.8 Å². The van der Waals surface area contributed by atoms with Gasteiger partial charge in [0.2, 0.25) is 0 Å². The summed E-state index contributed by atoms with van der Waals surface area (Å²) < 4.78 is 6.91. The normalized spacial score (nSPS) is 12.7. The molecular formula is C57H41NO. The van der Waals surface area contributed by atoms with E-state index in [9.17, 15) is 0 Å². The molecule has 0 amide bonds. The van der Waals surface area contributed by atoms with Crippen LogP contribution in [0.2, 0.25) is 0 Å². The van der Waals surface area contributed by atoms with Crippen LogP contribution in [0.3, 0.4) is 0 Å². The van der Waals surface area contributed by atoms with E-state index in [1.807, 2.05) is 0 Å². The maximum atomic E-state index is 6.91. The van der Waals surface area contributed by atoms with E-state index >= 15 is 0 Å². The fourth-order valence-corrected chi connectivity index (χ4v) is 9.70. The Bertz CT molecular complexity index is 3190.